The molecule has 0 spiro atoms. The molecular formula is C14H16BrNO. The van der Waals surface area contributed by atoms with Crippen molar-refractivity contribution >= 4 is 15.9 Å². The summed E-state index contributed by atoms with van der Waals surface area (Å²) in [5.41, 5.74) is 2.51. The quantitative estimate of drug-likeness (QED) is 0.836. The molecule has 1 aliphatic rings. The molecule has 1 aromatic rings. The van der Waals surface area contributed by atoms with Crippen molar-refractivity contribution in [2.45, 2.75) is 33.1 Å². The molecule has 0 amide bonds. The van der Waals surface area contributed by atoms with E-state index in [1.54, 1.807) is 0 Å². The molecule has 1 saturated carbocycles. The highest BCUT2D eigenvalue weighted by Gasteiger charge is 2.43. The predicted molar refractivity (Wildman–Crippen MR) is 71.0 cm³/mol. The lowest BCUT2D eigenvalue weighted by Gasteiger charge is -2.14. The third-order valence-electron chi connectivity index (χ3n) is 3.37. The van der Waals surface area contributed by atoms with Gasteiger partial charge in [-0.1, -0.05) is 15.9 Å². The highest BCUT2D eigenvalue weighted by atomic mass is 79.9. The van der Waals surface area contributed by atoms with E-state index in [-0.39, 0.29) is 5.41 Å². The van der Waals surface area contributed by atoms with Gasteiger partial charge in [0, 0.05) is 16.3 Å². The van der Waals surface area contributed by atoms with E-state index >= 15 is 0 Å². The standard InChI is InChI=1S/C14H16BrNO/c1-10-7-12(8-11(2)13(10)15)17-9-14(3-4-14)5-6-16/h7-8H,3-5,9H2,1-2H3. The summed E-state index contributed by atoms with van der Waals surface area (Å²) in [4.78, 5) is 0. The van der Waals surface area contributed by atoms with Crippen LogP contribution in [0.25, 0.3) is 0 Å². The Morgan fingerprint density at radius 2 is 1.94 bits per heavy atom. The molecule has 2 rings (SSSR count). The van der Waals surface area contributed by atoms with Crippen molar-refractivity contribution in [3.63, 3.8) is 0 Å². The zero-order valence-corrected chi connectivity index (χ0v) is 11.8. The minimum Gasteiger partial charge on any atom is -0.493 e. The van der Waals surface area contributed by atoms with Crippen LogP contribution in [0, 0.1) is 30.6 Å². The van der Waals surface area contributed by atoms with Gasteiger partial charge in [0.2, 0.25) is 0 Å². The van der Waals surface area contributed by atoms with Crippen LogP contribution in [-0.2, 0) is 0 Å². The number of nitrogens with zero attached hydrogens (tertiary/aromatic N) is 1. The lowest BCUT2D eigenvalue weighted by Crippen LogP contribution is -2.12. The van der Waals surface area contributed by atoms with Gasteiger partial charge >= 0.3 is 0 Å². The van der Waals surface area contributed by atoms with Gasteiger partial charge in [0.1, 0.15) is 5.75 Å². The first kappa shape index (κ1) is 12.4. The van der Waals surface area contributed by atoms with E-state index in [4.69, 9.17) is 10.00 Å². The molecule has 0 bridgehead atoms. The molecule has 1 aliphatic carbocycles. The Balaban J connectivity index is 2.03. The van der Waals surface area contributed by atoms with Gasteiger partial charge in [-0.3, -0.25) is 0 Å². The maximum atomic E-state index is 8.75. The number of nitriles is 1. The number of aryl methyl sites for hydroxylation is 2. The Morgan fingerprint density at radius 1 is 1.35 bits per heavy atom. The number of benzene rings is 1. The Morgan fingerprint density at radius 3 is 2.41 bits per heavy atom. The molecule has 1 fully saturated rings. The molecule has 0 aliphatic heterocycles. The van der Waals surface area contributed by atoms with Crippen LogP contribution in [0.4, 0.5) is 0 Å². The van der Waals surface area contributed by atoms with Gasteiger partial charge < -0.3 is 4.74 Å². The van der Waals surface area contributed by atoms with E-state index < -0.39 is 0 Å². The summed E-state index contributed by atoms with van der Waals surface area (Å²) >= 11 is 3.54. The third kappa shape index (κ3) is 2.81. The van der Waals surface area contributed by atoms with E-state index in [1.165, 1.54) is 11.1 Å². The first-order valence-electron chi connectivity index (χ1n) is 5.83. The Labute approximate surface area is 111 Å². The first-order valence-corrected chi connectivity index (χ1v) is 6.62. The summed E-state index contributed by atoms with van der Waals surface area (Å²) in [6.07, 6.45) is 2.85. The molecule has 0 atom stereocenters. The number of halogens is 1. The number of rotatable bonds is 4. The summed E-state index contributed by atoms with van der Waals surface area (Å²) in [7, 11) is 0. The first-order chi connectivity index (χ1) is 8.06. The second-order valence-electron chi connectivity index (χ2n) is 4.99. The van der Waals surface area contributed by atoms with Crippen molar-refractivity contribution in [1.82, 2.24) is 0 Å². The Kier molecular flexibility index (Phi) is 3.44. The minimum absolute atomic E-state index is 0.142. The summed E-state index contributed by atoms with van der Waals surface area (Å²) in [6.45, 7) is 4.79. The van der Waals surface area contributed by atoms with Crippen LogP contribution in [0.15, 0.2) is 16.6 Å². The van der Waals surface area contributed by atoms with Crippen LogP contribution < -0.4 is 4.74 Å². The molecule has 0 heterocycles. The summed E-state index contributed by atoms with van der Waals surface area (Å²) in [5.74, 6) is 0.910. The van der Waals surface area contributed by atoms with Crippen molar-refractivity contribution in [3.05, 3.63) is 27.7 Å². The van der Waals surface area contributed by atoms with Crippen molar-refractivity contribution in [1.29, 1.82) is 5.26 Å². The van der Waals surface area contributed by atoms with Crippen LogP contribution in [0.2, 0.25) is 0 Å². The van der Waals surface area contributed by atoms with Crippen molar-refractivity contribution in [2.24, 2.45) is 5.41 Å². The maximum absolute atomic E-state index is 8.75. The molecular weight excluding hydrogens is 278 g/mol. The molecule has 0 N–H and O–H groups in total. The van der Waals surface area contributed by atoms with Crippen LogP contribution in [0.5, 0.6) is 5.75 Å². The maximum Gasteiger partial charge on any atom is 0.119 e. The predicted octanol–water partition coefficient (Wildman–Crippen LogP) is 4.14. The SMILES string of the molecule is Cc1cc(OCC2(CC#N)CC2)cc(C)c1Br. The number of hydrogen-bond donors (Lipinski definition) is 0. The van der Waals surface area contributed by atoms with Gasteiger partial charge in [-0.2, -0.15) is 5.26 Å². The highest BCUT2D eigenvalue weighted by Crippen LogP contribution is 2.48. The average Bonchev–Trinajstić information content (AvgIpc) is 3.04. The number of ether oxygens (including phenoxy) is 1. The monoisotopic (exact) mass is 293 g/mol. The molecule has 17 heavy (non-hydrogen) atoms. The summed E-state index contributed by atoms with van der Waals surface area (Å²) in [5, 5.41) is 8.75. The van der Waals surface area contributed by atoms with E-state index in [1.807, 2.05) is 12.1 Å². The fraction of sp³-hybridized carbons (Fsp3) is 0.500. The summed E-state index contributed by atoms with van der Waals surface area (Å²) < 4.78 is 6.97. The molecule has 90 valence electrons. The normalized spacial score (nSPS) is 16.4. The zero-order valence-electron chi connectivity index (χ0n) is 10.2. The van der Waals surface area contributed by atoms with Crippen LogP contribution >= 0.6 is 15.9 Å². The Bertz CT molecular complexity index is 449. The van der Waals surface area contributed by atoms with E-state index in [2.05, 4.69) is 35.8 Å². The van der Waals surface area contributed by atoms with Crippen LogP contribution in [0.3, 0.4) is 0 Å². The molecule has 2 nitrogen and oxygen atoms in total. The summed E-state index contributed by atoms with van der Waals surface area (Å²) in [6, 6.07) is 6.33. The van der Waals surface area contributed by atoms with Crippen molar-refractivity contribution < 1.29 is 4.74 Å². The second kappa shape index (κ2) is 4.70. The minimum atomic E-state index is 0.142. The van der Waals surface area contributed by atoms with Gasteiger partial charge in [-0.15, -0.1) is 0 Å². The molecule has 0 unspecified atom stereocenters. The van der Waals surface area contributed by atoms with Crippen molar-refractivity contribution in [2.75, 3.05) is 6.61 Å². The van der Waals surface area contributed by atoms with Crippen molar-refractivity contribution in [3.8, 4) is 11.8 Å². The van der Waals surface area contributed by atoms with E-state index in [9.17, 15) is 0 Å². The van der Waals surface area contributed by atoms with Gasteiger partial charge in [0.05, 0.1) is 12.7 Å². The van der Waals surface area contributed by atoms with E-state index in [0.717, 1.165) is 23.1 Å². The molecule has 0 radical (unpaired) electrons. The van der Waals surface area contributed by atoms with Gasteiger partial charge in [-0.25, -0.2) is 0 Å². The highest BCUT2D eigenvalue weighted by molar-refractivity contribution is 9.10. The van der Waals surface area contributed by atoms with Gasteiger partial charge in [-0.05, 0) is 49.9 Å². The molecule has 0 aromatic heterocycles. The average molecular weight is 294 g/mol. The molecule has 0 saturated heterocycles. The molecule has 1 aromatic carbocycles. The lowest BCUT2D eigenvalue weighted by molar-refractivity contribution is 0.236. The third-order valence-corrected chi connectivity index (χ3v) is 4.62. The van der Waals surface area contributed by atoms with Gasteiger partial charge in [0.25, 0.3) is 0 Å². The smallest absolute Gasteiger partial charge is 0.119 e. The Hall–Kier alpha value is -1.01. The van der Waals surface area contributed by atoms with Crippen LogP contribution in [0.1, 0.15) is 30.4 Å². The topological polar surface area (TPSA) is 33.0 Å². The lowest BCUT2D eigenvalue weighted by atomic mass is 10.1. The van der Waals surface area contributed by atoms with E-state index in [0.29, 0.717) is 13.0 Å². The zero-order chi connectivity index (χ0) is 12.5. The molecule has 3 heteroatoms. The fourth-order valence-corrected chi connectivity index (χ4v) is 2.17. The largest absolute Gasteiger partial charge is 0.493 e. The fourth-order valence-electron chi connectivity index (χ4n) is 1.94. The number of hydrogen-bond acceptors (Lipinski definition) is 2. The van der Waals surface area contributed by atoms with Gasteiger partial charge in [0.15, 0.2) is 0 Å². The van der Waals surface area contributed by atoms with Crippen LogP contribution in [-0.4, -0.2) is 6.61 Å². The second-order valence-corrected chi connectivity index (χ2v) is 5.79.